The van der Waals surface area contributed by atoms with E-state index in [0.717, 1.165) is 19.4 Å². The normalized spacial score (nSPS) is 17.6. The molecule has 1 fully saturated rings. The maximum atomic E-state index is 11.5. The Balaban J connectivity index is 0.00000220. The summed E-state index contributed by atoms with van der Waals surface area (Å²) >= 11 is 0. The Hall–Kier alpha value is -2.19. The van der Waals surface area contributed by atoms with E-state index in [9.17, 15) is 4.79 Å². The molecule has 21 heavy (non-hydrogen) atoms. The van der Waals surface area contributed by atoms with E-state index in [1.54, 1.807) is 29.3 Å². The molecule has 1 unspecified atom stereocenters. The van der Waals surface area contributed by atoms with Crippen molar-refractivity contribution in [2.24, 2.45) is 10.5 Å². The third-order valence-electron chi connectivity index (χ3n) is 3.02. The van der Waals surface area contributed by atoms with Crippen LogP contribution in [-0.4, -0.2) is 47.5 Å². The van der Waals surface area contributed by atoms with Crippen molar-refractivity contribution in [2.75, 3.05) is 19.9 Å². The van der Waals surface area contributed by atoms with E-state index in [-0.39, 0.29) is 24.9 Å². The largest absolute Gasteiger partial charge is 0.422 e. The lowest BCUT2D eigenvalue weighted by atomic mass is 10.2. The van der Waals surface area contributed by atoms with Crippen LogP contribution in [0.5, 0.6) is 0 Å². The van der Waals surface area contributed by atoms with Crippen molar-refractivity contribution in [3.8, 4) is 0 Å². The molecule has 0 spiro atoms. The second-order valence-electron chi connectivity index (χ2n) is 4.36. The van der Waals surface area contributed by atoms with E-state index in [1.807, 2.05) is 6.07 Å². The van der Waals surface area contributed by atoms with E-state index < -0.39 is 5.97 Å². The predicted octanol–water partition coefficient (Wildman–Crippen LogP) is 0.732. The average molecular weight is 297 g/mol. The zero-order valence-corrected chi connectivity index (χ0v) is 11.5. The molecule has 1 aliphatic rings. The number of aliphatic hydroxyl groups excluding tert-OH is 1. The zero-order chi connectivity index (χ0) is 14.2. The summed E-state index contributed by atoms with van der Waals surface area (Å²) in [7, 11) is 0. The van der Waals surface area contributed by atoms with Gasteiger partial charge < -0.3 is 20.2 Å². The SMILES string of the molecule is O.O=C(OCO/N=N\N1CCCC1CO)c1ccccc1. The van der Waals surface area contributed by atoms with E-state index >= 15 is 0 Å². The molecule has 8 heteroatoms. The molecule has 0 aliphatic carbocycles. The number of hydrogen-bond acceptors (Lipinski definition) is 6. The number of nitrogens with zero attached hydrogens (tertiary/aromatic N) is 3. The van der Waals surface area contributed by atoms with Crippen molar-refractivity contribution in [1.29, 1.82) is 0 Å². The summed E-state index contributed by atoms with van der Waals surface area (Å²) in [5.74, 6) is -0.477. The number of ether oxygens (including phenoxy) is 1. The van der Waals surface area contributed by atoms with Crippen LogP contribution in [0.1, 0.15) is 23.2 Å². The third-order valence-corrected chi connectivity index (χ3v) is 3.02. The van der Waals surface area contributed by atoms with Gasteiger partial charge in [0.25, 0.3) is 6.79 Å². The van der Waals surface area contributed by atoms with Gasteiger partial charge in [-0.25, -0.2) is 4.79 Å². The second-order valence-corrected chi connectivity index (χ2v) is 4.36. The first kappa shape index (κ1) is 16.9. The van der Waals surface area contributed by atoms with Crippen molar-refractivity contribution in [1.82, 2.24) is 5.01 Å². The molecule has 0 bridgehead atoms. The fourth-order valence-electron chi connectivity index (χ4n) is 1.96. The van der Waals surface area contributed by atoms with Gasteiger partial charge in [0.05, 0.1) is 18.2 Å². The highest BCUT2D eigenvalue weighted by Gasteiger charge is 2.22. The highest BCUT2D eigenvalue weighted by atomic mass is 16.8. The molecule has 1 saturated heterocycles. The highest BCUT2D eigenvalue weighted by molar-refractivity contribution is 5.89. The lowest BCUT2D eigenvalue weighted by molar-refractivity contribution is -0.0442. The Morgan fingerprint density at radius 1 is 1.38 bits per heavy atom. The topological polar surface area (TPSA) is 115 Å². The van der Waals surface area contributed by atoms with Gasteiger partial charge in [0.2, 0.25) is 0 Å². The molecule has 0 radical (unpaired) electrons. The molecule has 8 nitrogen and oxygen atoms in total. The summed E-state index contributed by atoms with van der Waals surface area (Å²) in [6, 6.07) is 8.61. The van der Waals surface area contributed by atoms with E-state index in [2.05, 4.69) is 10.5 Å². The van der Waals surface area contributed by atoms with Crippen LogP contribution in [0.2, 0.25) is 0 Å². The number of benzene rings is 1. The molecule has 2 rings (SSSR count). The summed E-state index contributed by atoms with van der Waals surface area (Å²) in [5.41, 5.74) is 0.452. The molecule has 0 amide bonds. The van der Waals surface area contributed by atoms with Crippen molar-refractivity contribution in [3.63, 3.8) is 0 Å². The molecule has 0 aromatic heterocycles. The minimum atomic E-state index is -0.477. The van der Waals surface area contributed by atoms with Crippen LogP contribution in [0.15, 0.2) is 40.8 Å². The molecule has 1 aliphatic heterocycles. The van der Waals surface area contributed by atoms with Crippen LogP contribution in [0.3, 0.4) is 0 Å². The Bertz CT molecular complexity index is 454. The second kappa shape index (κ2) is 8.88. The van der Waals surface area contributed by atoms with Gasteiger partial charge in [-0.1, -0.05) is 18.2 Å². The van der Waals surface area contributed by atoms with Gasteiger partial charge >= 0.3 is 5.97 Å². The lowest BCUT2D eigenvalue weighted by Crippen LogP contribution is -2.26. The van der Waals surface area contributed by atoms with Gasteiger partial charge in [-0.3, -0.25) is 5.01 Å². The molecule has 1 aromatic carbocycles. The first-order chi connectivity index (χ1) is 9.81. The Morgan fingerprint density at radius 2 is 2.14 bits per heavy atom. The minimum Gasteiger partial charge on any atom is -0.422 e. The van der Waals surface area contributed by atoms with Crippen molar-refractivity contribution in [3.05, 3.63) is 35.9 Å². The van der Waals surface area contributed by atoms with Gasteiger partial charge in [-0.15, -0.1) is 0 Å². The minimum absolute atomic E-state index is 0. The van der Waals surface area contributed by atoms with Gasteiger partial charge in [0.1, 0.15) is 0 Å². The van der Waals surface area contributed by atoms with Gasteiger partial charge in [0.15, 0.2) is 0 Å². The number of carbonyl (C=O) groups excluding carboxylic acids is 1. The summed E-state index contributed by atoms with van der Waals surface area (Å²) in [4.78, 5) is 16.3. The number of esters is 1. The van der Waals surface area contributed by atoms with Crippen molar-refractivity contribution < 1.29 is 25.0 Å². The van der Waals surface area contributed by atoms with Crippen LogP contribution < -0.4 is 0 Å². The molecule has 1 atom stereocenters. The molecule has 3 N–H and O–H groups in total. The van der Waals surface area contributed by atoms with Gasteiger partial charge in [-0.05, 0) is 30.2 Å². The van der Waals surface area contributed by atoms with Gasteiger partial charge in [0, 0.05) is 11.8 Å². The number of rotatable bonds is 6. The van der Waals surface area contributed by atoms with Crippen LogP contribution in [-0.2, 0) is 9.57 Å². The van der Waals surface area contributed by atoms with Crippen molar-refractivity contribution in [2.45, 2.75) is 18.9 Å². The van der Waals surface area contributed by atoms with Crippen LogP contribution in [0, 0.1) is 0 Å². The standard InChI is InChI=1S/C13H17N3O4.H2O/c17-9-12-7-4-8-16(12)14-15-20-10-19-13(18)11-5-2-1-3-6-11;/h1-3,5-6,12,17H,4,7-10H2;1H2/b15-14-;. The van der Waals surface area contributed by atoms with Gasteiger partial charge in [-0.2, -0.15) is 0 Å². The zero-order valence-electron chi connectivity index (χ0n) is 11.5. The highest BCUT2D eigenvalue weighted by Crippen LogP contribution is 2.16. The van der Waals surface area contributed by atoms with Crippen molar-refractivity contribution >= 4 is 5.97 Å². The fraction of sp³-hybridized carbons (Fsp3) is 0.462. The lowest BCUT2D eigenvalue weighted by Gasteiger charge is -2.16. The maximum absolute atomic E-state index is 11.5. The molecular formula is C13H19N3O5. The molecular weight excluding hydrogens is 278 g/mol. The fourth-order valence-corrected chi connectivity index (χ4v) is 1.96. The first-order valence-corrected chi connectivity index (χ1v) is 6.44. The summed E-state index contributed by atoms with van der Waals surface area (Å²) in [6.07, 6.45) is 1.85. The molecule has 1 heterocycles. The van der Waals surface area contributed by atoms with Crippen LogP contribution in [0.25, 0.3) is 0 Å². The average Bonchev–Trinajstić information content (AvgIpc) is 2.95. The van der Waals surface area contributed by atoms with Crippen LogP contribution in [0.4, 0.5) is 0 Å². The smallest absolute Gasteiger partial charge is 0.341 e. The Kier molecular flexibility index (Phi) is 7.13. The van der Waals surface area contributed by atoms with E-state index in [0.29, 0.717) is 5.56 Å². The third kappa shape index (κ3) is 5.01. The number of hydrogen-bond donors (Lipinski definition) is 1. The van der Waals surface area contributed by atoms with E-state index in [1.165, 1.54) is 0 Å². The quantitative estimate of drug-likeness (QED) is 0.273. The Morgan fingerprint density at radius 3 is 2.86 bits per heavy atom. The Labute approximate surface area is 122 Å². The number of carbonyl (C=O) groups is 1. The molecule has 0 saturated carbocycles. The van der Waals surface area contributed by atoms with E-state index in [4.69, 9.17) is 14.7 Å². The molecule has 1 aromatic rings. The van der Waals surface area contributed by atoms with Crippen LogP contribution >= 0.6 is 0 Å². The predicted molar refractivity (Wildman–Crippen MR) is 73.1 cm³/mol. The summed E-state index contributed by atoms with van der Waals surface area (Å²) in [6.45, 7) is 0.485. The molecule has 116 valence electrons. The monoisotopic (exact) mass is 297 g/mol. The number of aliphatic hydroxyl groups is 1. The summed E-state index contributed by atoms with van der Waals surface area (Å²) in [5, 5.41) is 18.1. The maximum Gasteiger partial charge on any atom is 0.341 e. The first-order valence-electron chi connectivity index (χ1n) is 6.44. The summed E-state index contributed by atoms with van der Waals surface area (Å²) < 4.78 is 4.86.